The fourth-order valence-electron chi connectivity index (χ4n) is 2.03. The van der Waals surface area contributed by atoms with Crippen LogP contribution in [0.1, 0.15) is 0 Å². The second-order valence-electron chi connectivity index (χ2n) is 4.17. The molecule has 0 aliphatic heterocycles. The fraction of sp³-hybridized carbons (Fsp3) is 0.0769. The molecule has 2 aromatic heterocycles. The van der Waals surface area contributed by atoms with Gasteiger partial charge in [0.2, 0.25) is 0 Å². The van der Waals surface area contributed by atoms with E-state index in [1.165, 1.54) is 6.20 Å². The predicted octanol–water partition coefficient (Wildman–Crippen LogP) is 1.92. The molecule has 0 unspecified atom stereocenters. The topological polar surface area (TPSA) is 77.0 Å². The van der Waals surface area contributed by atoms with E-state index in [1.807, 2.05) is 29.8 Å². The molecule has 1 aromatic carbocycles. The number of nitrogens with zero attached hydrogens (tertiary/aromatic N) is 3. The Morgan fingerprint density at radius 1 is 1.22 bits per heavy atom. The smallest absolute Gasteiger partial charge is 0.142 e. The van der Waals surface area contributed by atoms with E-state index in [1.54, 1.807) is 12.3 Å². The first-order valence-electron chi connectivity index (χ1n) is 5.51. The van der Waals surface area contributed by atoms with Gasteiger partial charge in [-0.25, -0.2) is 4.98 Å². The van der Waals surface area contributed by atoms with Crippen molar-refractivity contribution in [2.45, 2.75) is 0 Å². The number of fused-ring (bicyclic) bond motifs is 1. The summed E-state index contributed by atoms with van der Waals surface area (Å²) in [6.45, 7) is 0. The number of aryl methyl sites for hydroxylation is 1. The molecule has 0 radical (unpaired) electrons. The van der Waals surface area contributed by atoms with Crippen LogP contribution < -0.4 is 5.73 Å². The molecule has 0 saturated heterocycles. The number of rotatable bonds is 1. The van der Waals surface area contributed by atoms with Gasteiger partial charge in [-0.1, -0.05) is 0 Å². The number of anilines is 1. The van der Waals surface area contributed by atoms with Gasteiger partial charge in [-0.3, -0.25) is 4.98 Å². The van der Waals surface area contributed by atoms with E-state index in [0.29, 0.717) is 5.69 Å². The Balaban J connectivity index is 2.27. The molecule has 0 bridgehead atoms. The van der Waals surface area contributed by atoms with Crippen LogP contribution in [0.3, 0.4) is 0 Å². The summed E-state index contributed by atoms with van der Waals surface area (Å²) in [5, 5.41) is 9.46. The largest absolute Gasteiger partial charge is 0.506 e. The van der Waals surface area contributed by atoms with Crippen molar-refractivity contribution in [3.63, 3.8) is 0 Å². The zero-order valence-corrected chi connectivity index (χ0v) is 9.83. The van der Waals surface area contributed by atoms with Gasteiger partial charge < -0.3 is 15.4 Å². The lowest BCUT2D eigenvalue weighted by atomic mass is 10.2. The van der Waals surface area contributed by atoms with Gasteiger partial charge in [0.25, 0.3) is 0 Å². The quantitative estimate of drug-likeness (QED) is 0.637. The van der Waals surface area contributed by atoms with Crippen LogP contribution in [0.15, 0.2) is 36.7 Å². The molecule has 0 amide bonds. The van der Waals surface area contributed by atoms with Crippen molar-refractivity contribution in [2.75, 3.05) is 5.73 Å². The number of pyridine rings is 1. The first-order chi connectivity index (χ1) is 8.65. The highest BCUT2D eigenvalue weighted by atomic mass is 16.3. The van der Waals surface area contributed by atoms with Crippen LogP contribution in [0.4, 0.5) is 5.69 Å². The van der Waals surface area contributed by atoms with Gasteiger partial charge in [0, 0.05) is 24.5 Å². The Labute approximate surface area is 104 Å². The molecule has 0 atom stereocenters. The lowest BCUT2D eigenvalue weighted by Gasteiger charge is -2.02. The highest BCUT2D eigenvalue weighted by Crippen LogP contribution is 2.26. The highest BCUT2D eigenvalue weighted by molar-refractivity contribution is 5.83. The van der Waals surface area contributed by atoms with Gasteiger partial charge in [0.15, 0.2) is 0 Å². The van der Waals surface area contributed by atoms with Crippen LogP contribution >= 0.6 is 0 Å². The molecule has 3 N–H and O–H groups in total. The third kappa shape index (κ3) is 1.57. The number of aromatic hydroxyl groups is 1. The van der Waals surface area contributed by atoms with Crippen molar-refractivity contribution in [1.29, 1.82) is 0 Å². The number of benzene rings is 1. The molecule has 0 aliphatic rings. The highest BCUT2D eigenvalue weighted by Gasteiger charge is 2.10. The Hall–Kier alpha value is -2.56. The zero-order chi connectivity index (χ0) is 12.7. The molecular weight excluding hydrogens is 228 g/mol. The number of hydrogen-bond donors (Lipinski definition) is 2. The second kappa shape index (κ2) is 3.73. The minimum Gasteiger partial charge on any atom is -0.506 e. The number of nitrogens with two attached hydrogens (primary N) is 1. The maximum Gasteiger partial charge on any atom is 0.142 e. The summed E-state index contributed by atoms with van der Waals surface area (Å²) in [5.74, 6) is 0.873. The average Bonchev–Trinajstić information content (AvgIpc) is 2.66. The molecule has 0 fully saturated rings. The molecular formula is C13H12N4O. The standard InChI is InChI=1S/C13H12N4O/c1-17-12-3-2-9(14)5-11(12)16-13(17)8-4-10(18)7-15-6-8/h2-7,18H,14H2,1H3. The summed E-state index contributed by atoms with van der Waals surface area (Å²) >= 11 is 0. The number of nitrogen functional groups attached to an aromatic ring is 1. The SMILES string of the molecule is Cn1c(-c2cncc(O)c2)nc2cc(N)ccc21. The molecule has 2 heterocycles. The van der Waals surface area contributed by atoms with E-state index in [2.05, 4.69) is 9.97 Å². The molecule has 5 heteroatoms. The van der Waals surface area contributed by atoms with Crippen LogP contribution in [0.25, 0.3) is 22.4 Å². The molecule has 3 rings (SSSR count). The average molecular weight is 240 g/mol. The molecule has 0 saturated carbocycles. The first kappa shape index (κ1) is 10.6. The van der Waals surface area contributed by atoms with E-state index in [-0.39, 0.29) is 5.75 Å². The van der Waals surface area contributed by atoms with Crippen molar-refractivity contribution >= 4 is 16.7 Å². The predicted molar refractivity (Wildman–Crippen MR) is 70.0 cm³/mol. The summed E-state index contributed by atoms with van der Waals surface area (Å²) in [6, 6.07) is 7.23. The van der Waals surface area contributed by atoms with Gasteiger partial charge >= 0.3 is 0 Å². The van der Waals surface area contributed by atoms with Crippen molar-refractivity contribution in [1.82, 2.24) is 14.5 Å². The normalized spacial score (nSPS) is 10.9. The van der Waals surface area contributed by atoms with Crippen molar-refractivity contribution < 1.29 is 5.11 Å². The fourth-order valence-corrected chi connectivity index (χ4v) is 2.03. The molecule has 90 valence electrons. The van der Waals surface area contributed by atoms with E-state index >= 15 is 0 Å². The van der Waals surface area contributed by atoms with E-state index in [9.17, 15) is 5.11 Å². The van der Waals surface area contributed by atoms with Crippen LogP contribution in [0.2, 0.25) is 0 Å². The molecule has 18 heavy (non-hydrogen) atoms. The van der Waals surface area contributed by atoms with Crippen molar-refractivity contribution in [3.05, 3.63) is 36.7 Å². The van der Waals surface area contributed by atoms with E-state index in [4.69, 9.17) is 5.73 Å². The van der Waals surface area contributed by atoms with Gasteiger partial charge in [0.05, 0.1) is 17.2 Å². The number of imidazole rings is 1. The van der Waals surface area contributed by atoms with Crippen LogP contribution in [0, 0.1) is 0 Å². The Morgan fingerprint density at radius 3 is 2.83 bits per heavy atom. The Kier molecular flexibility index (Phi) is 2.19. The van der Waals surface area contributed by atoms with Crippen LogP contribution in [-0.4, -0.2) is 19.6 Å². The van der Waals surface area contributed by atoms with E-state index < -0.39 is 0 Å². The van der Waals surface area contributed by atoms with Crippen LogP contribution in [-0.2, 0) is 7.05 Å². The third-order valence-corrected chi connectivity index (χ3v) is 2.89. The monoisotopic (exact) mass is 240 g/mol. The molecule has 3 aromatic rings. The van der Waals surface area contributed by atoms with Gasteiger partial charge in [-0.05, 0) is 24.3 Å². The number of hydrogen-bond acceptors (Lipinski definition) is 4. The minimum atomic E-state index is 0.124. The summed E-state index contributed by atoms with van der Waals surface area (Å²) < 4.78 is 1.95. The summed E-state index contributed by atoms with van der Waals surface area (Å²) in [6.07, 6.45) is 3.06. The number of aromatic nitrogens is 3. The third-order valence-electron chi connectivity index (χ3n) is 2.89. The maximum absolute atomic E-state index is 9.46. The molecule has 5 nitrogen and oxygen atoms in total. The zero-order valence-electron chi connectivity index (χ0n) is 9.83. The molecule has 0 spiro atoms. The van der Waals surface area contributed by atoms with Gasteiger partial charge in [-0.2, -0.15) is 0 Å². The van der Waals surface area contributed by atoms with E-state index in [0.717, 1.165) is 22.4 Å². The maximum atomic E-state index is 9.46. The summed E-state index contributed by atoms with van der Waals surface area (Å²) in [7, 11) is 1.92. The lowest BCUT2D eigenvalue weighted by molar-refractivity contribution is 0.473. The Morgan fingerprint density at radius 2 is 2.06 bits per heavy atom. The minimum absolute atomic E-state index is 0.124. The van der Waals surface area contributed by atoms with Gasteiger partial charge in [0.1, 0.15) is 11.6 Å². The summed E-state index contributed by atoms with van der Waals surface area (Å²) in [4.78, 5) is 8.48. The van der Waals surface area contributed by atoms with Crippen molar-refractivity contribution in [2.24, 2.45) is 7.05 Å². The van der Waals surface area contributed by atoms with Gasteiger partial charge in [-0.15, -0.1) is 0 Å². The molecule has 0 aliphatic carbocycles. The first-order valence-corrected chi connectivity index (χ1v) is 5.51. The van der Waals surface area contributed by atoms with Crippen LogP contribution in [0.5, 0.6) is 5.75 Å². The van der Waals surface area contributed by atoms with Crippen molar-refractivity contribution in [3.8, 4) is 17.1 Å². The second-order valence-corrected chi connectivity index (χ2v) is 4.17. The Bertz CT molecular complexity index is 733. The summed E-state index contributed by atoms with van der Waals surface area (Å²) in [5.41, 5.74) is 9.01. The lowest BCUT2D eigenvalue weighted by Crippen LogP contribution is -1.92.